The van der Waals surface area contributed by atoms with E-state index in [0.29, 0.717) is 23.1 Å². The van der Waals surface area contributed by atoms with Crippen molar-refractivity contribution in [3.05, 3.63) is 39.0 Å². The number of rotatable bonds is 3. The van der Waals surface area contributed by atoms with Crippen molar-refractivity contribution in [3.63, 3.8) is 0 Å². The third-order valence-corrected chi connectivity index (χ3v) is 4.10. The number of fused-ring (bicyclic) bond motifs is 1. The molecule has 2 heterocycles. The molecular weight excluding hydrogens is 379 g/mol. The Labute approximate surface area is 139 Å². The molecule has 5 nitrogen and oxygen atoms in total. The molecule has 0 aliphatic rings. The van der Waals surface area contributed by atoms with Crippen molar-refractivity contribution in [3.8, 4) is 17.1 Å². The molecule has 0 spiro atoms. The topological polar surface area (TPSA) is 52.3 Å². The van der Waals surface area contributed by atoms with Crippen LogP contribution in [0.3, 0.4) is 0 Å². The van der Waals surface area contributed by atoms with E-state index < -0.39 is 0 Å². The highest BCUT2D eigenvalue weighted by Gasteiger charge is 2.19. The molecule has 2 aromatic heterocycles. The summed E-state index contributed by atoms with van der Waals surface area (Å²) in [4.78, 5) is 8.35. The lowest BCUT2D eigenvalue weighted by molar-refractivity contribution is 0.313. The van der Waals surface area contributed by atoms with Crippen molar-refractivity contribution in [2.24, 2.45) is 0 Å². The second kappa shape index (κ2) is 5.79. The molecule has 0 amide bonds. The molecule has 0 saturated carbocycles. The van der Waals surface area contributed by atoms with Crippen LogP contribution in [0, 0.1) is 0 Å². The fraction of sp³-hybridized carbons (Fsp3) is 0.154. The summed E-state index contributed by atoms with van der Waals surface area (Å²) in [6, 6.07) is 7.81. The molecule has 108 valence electrons. The summed E-state index contributed by atoms with van der Waals surface area (Å²) in [5.74, 6) is 0.296. The predicted molar refractivity (Wildman–Crippen MR) is 85.1 cm³/mol. The molecule has 3 rings (SSSR count). The van der Waals surface area contributed by atoms with Gasteiger partial charge in [-0.2, -0.15) is 14.5 Å². The van der Waals surface area contributed by atoms with Crippen LogP contribution in [0.25, 0.3) is 16.9 Å². The van der Waals surface area contributed by atoms with E-state index in [1.807, 2.05) is 31.2 Å². The van der Waals surface area contributed by atoms with E-state index in [4.69, 9.17) is 27.9 Å². The first kappa shape index (κ1) is 14.6. The van der Waals surface area contributed by atoms with Crippen LogP contribution >= 0.6 is 39.1 Å². The van der Waals surface area contributed by atoms with Gasteiger partial charge >= 0.3 is 6.01 Å². The van der Waals surface area contributed by atoms with Crippen molar-refractivity contribution in [2.45, 2.75) is 6.92 Å². The predicted octanol–water partition coefficient (Wildman–Crippen LogP) is 4.26. The molecular formula is C13H9BrCl2N4O. The number of halogens is 3. The Kier molecular flexibility index (Phi) is 4.01. The average molecular weight is 388 g/mol. The van der Waals surface area contributed by atoms with Gasteiger partial charge in [-0.05, 0) is 13.0 Å². The number of hydrogen-bond donors (Lipinski definition) is 0. The molecule has 0 radical (unpaired) electrons. The molecule has 8 heteroatoms. The van der Waals surface area contributed by atoms with Crippen LogP contribution in [0.2, 0.25) is 10.3 Å². The standard InChI is InChI=1S/C13H9BrCl2N4O/c1-2-21-13-18-12-17-10(15)9(11(16)20(12)19-13)7-5-3-4-6-8(7)14/h3-6H,2H2,1H3. The summed E-state index contributed by atoms with van der Waals surface area (Å²) in [7, 11) is 0. The summed E-state index contributed by atoms with van der Waals surface area (Å²) in [5.41, 5.74) is 1.42. The molecule has 3 aromatic rings. The first-order chi connectivity index (χ1) is 10.1. The maximum Gasteiger partial charge on any atom is 0.337 e. The molecule has 0 aliphatic heterocycles. The van der Waals surface area contributed by atoms with Crippen LogP contribution in [-0.2, 0) is 0 Å². The Morgan fingerprint density at radius 2 is 2.00 bits per heavy atom. The van der Waals surface area contributed by atoms with Crippen LogP contribution in [0.5, 0.6) is 6.01 Å². The Morgan fingerprint density at radius 3 is 2.71 bits per heavy atom. The molecule has 0 fully saturated rings. The van der Waals surface area contributed by atoms with Gasteiger partial charge in [0.1, 0.15) is 10.3 Å². The van der Waals surface area contributed by atoms with Crippen LogP contribution in [0.4, 0.5) is 0 Å². The van der Waals surface area contributed by atoms with Crippen LogP contribution < -0.4 is 4.74 Å². The van der Waals surface area contributed by atoms with Crippen molar-refractivity contribution in [1.29, 1.82) is 0 Å². The van der Waals surface area contributed by atoms with Crippen LogP contribution in [0.1, 0.15) is 6.92 Å². The highest BCUT2D eigenvalue weighted by atomic mass is 79.9. The smallest absolute Gasteiger partial charge is 0.337 e. The summed E-state index contributed by atoms with van der Waals surface area (Å²) >= 11 is 16.2. The van der Waals surface area contributed by atoms with Gasteiger partial charge in [-0.15, -0.1) is 5.10 Å². The Morgan fingerprint density at radius 1 is 1.24 bits per heavy atom. The lowest BCUT2D eigenvalue weighted by Crippen LogP contribution is -1.98. The van der Waals surface area contributed by atoms with Crippen molar-refractivity contribution in [2.75, 3.05) is 6.61 Å². The summed E-state index contributed by atoms with van der Waals surface area (Å²) in [6.07, 6.45) is 0. The maximum atomic E-state index is 6.43. The van der Waals surface area contributed by atoms with Crippen molar-refractivity contribution in [1.82, 2.24) is 19.6 Å². The first-order valence-corrected chi connectivity index (χ1v) is 7.66. The fourth-order valence-corrected chi connectivity index (χ4v) is 3.00. The average Bonchev–Trinajstić information content (AvgIpc) is 2.84. The number of aromatic nitrogens is 4. The molecule has 1 aromatic carbocycles. The van der Waals surface area contributed by atoms with Gasteiger partial charge in [0, 0.05) is 10.0 Å². The van der Waals surface area contributed by atoms with Gasteiger partial charge in [0.05, 0.1) is 12.2 Å². The van der Waals surface area contributed by atoms with E-state index in [1.54, 1.807) is 0 Å². The van der Waals surface area contributed by atoms with E-state index >= 15 is 0 Å². The fourth-order valence-electron chi connectivity index (χ4n) is 1.90. The molecule has 0 bridgehead atoms. The minimum atomic E-state index is 0.215. The van der Waals surface area contributed by atoms with Gasteiger partial charge in [0.2, 0.25) is 0 Å². The maximum absolute atomic E-state index is 6.43. The third-order valence-electron chi connectivity index (χ3n) is 2.78. The number of benzene rings is 1. The molecule has 21 heavy (non-hydrogen) atoms. The quantitative estimate of drug-likeness (QED) is 0.630. The lowest BCUT2D eigenvalue weighted by Gasteiger charge is -2.09. The Balaban J connectivity index is 2.26. The molecule has 0 atom stereocenters. The van der Waals surface area contributed by atoms with E-state index in [0.717, 1.165) is 10.0 Å². The molecule has 0 saturated heterocycles. The molecule has 0 aliphatic carbocycles. The second-order valence-corrected chi connectivity index (χ2v) is 5.66. The van der Waals surface area contributed by atoms with E-state index in [-0.39, 0.29) is 11.2 Å². The summed E-state index contributed by atoms with van der Waals surface area (Å²) < 4.78 is 7.53. The Bertz CT molecular complexity index is 821. The minimum Gasteiger partial charge on any atom is -0.463 e. The van der Waals surface area contributed by atoms with E-state index in [2.05, 4.69) is 31.0 Å². The Hall–Kier alpha value is -1.37. The minimum absolute atomic E-state index is 0.215. The molecule has 0 N–H and O–H groups in total. The number of hydrogen-bond acceptors (Lipinski definition) is 4. The van der Waals surface area contributed by atoms with Gasteiger partial charge in [0.25, 0.3) is 5.78 Å². The van der Waals surface area contributed by atoms with Crippen LogP contribution in [-0.4, -0.2) is 26.2 Å². The number of nitrogens with zero attached hydrogens (tertiary/aromatic N) is 4. The highest BCUT2D eigenvalue weighted by Crippen LogP contribution is 2.37. The largest absolute Gasteiger partial charge is 0.463 e. The van der Waals surface area contributed by atoms with E-state index in [1.165, 1.54) is 4.52 Å². The van der Waals surface area contributed by atoms with Gasteiger partial charge in [-0.1, -0.05) is 57.3 Å². The lowest BCUT2D eigenvalue weighted by atomic mass is 10.1. The van der Waals surface area contributed by atoms with Gasteiger partial charge in [-0.25, -0.2) is 0 Å². The second-order valence-electron chi connectivity index (χ2n) is 4.09. The van der Waals surface area contributed by atoms with Crippen molar-refractivity contribution >= 4 is 44.9 Å². The highest BCUT2D eigenvalue weighted by molar-refractivity contribution is 9.10. The molecule has 0 unspecified atom stereocenters. The summed E-state index contributed by atoms with van der Waals surface area (Å²) in [6.45, 7) is 2.31. The third kappa shape index (κ3) is 2.59. The van der Waals surface area contributed by atoms with Gasteiger partial charge in [-0.3, -0.25) is 0 Å². The monoisotopic (exact) mass is 386 g/mol. The zero-order valence-corrected chi connectivity index (χ0v) is 13.9. The zero-order valence-electron chi connectivity index (χ0n) is 10.8. The van der Waals surface area contributed by atoms with Gasteiger partial charge < -0.3 is 4.74 Å². The van der Waals surface area contributed by atoms with Crippen molar-refractivity contribution < 1.29 is 4.74 Å². The number of ether oxygens (including phenoxy) is 1. The SMILES string of the molecule is CCOc1nc2nc(Cl)c(-c3ccccc3Br)c(Cl)n2n1. The van der Waals surface area contributed by atoms with Gasteiger partial charge in [0.15, 0.2) is 0 Å². The van der Waals surface area contributed by atoms with Crippen LogP contribution in [0.15, 0.2) is 28.7 Å². The first-order valence-electron chi connectivity index (χ1n) is 6.11. The summed E-state index contributed by atoms with van der Waals surface area (Å²) in [5, 5.41) is 4.76. The van der Waals surface area contributed by atoms with E-state index in [9.17, 15) is 0 Å². The normalized spacial score (nSPS) is 11.0. The zero-order chi connectivity index (χ0) is 15.0.